The largest absolute Gasteiger partial charge is 0.469 e. The Morgan fingerprint density at radius 1 is 1.38 bits per heavy atom. The summed E-state index contributed by atoms with van der Waals surface area (Å²) in [7, 11) is 3.18. The minimum Gasteiger partial charge on any atom is -0.469 e. The molecule has 1 aromatic rings. The summed E-state index contributed by atoms with van der Waals surface area (Å²) >= 11 is 0. The van der Waals surface area contributed by atoms with Crippen LogP contribution in [-0.4, -0.2) is 57.2 Å². The summed E-state index contributed by atoms with van der Waals surface area (Å²) in [5.74, 6) is 0.924. The quantitative estimate of drug-likeness (QED) is 0.284. The van der Waals surface area contributed by atoms with Gasteiger partial charge in [-0.3, -0.25) is 9.79 Å². The van der Waals surface area contributed by atoms with Gasteiger partial charge in [0.05, 0.1) is 26.2 Å². The molecule has 0 bridgehead atoms. The molecule has 1 aliphatic heterocycles. The van der Waals surface area contributed by atoms with E-state index in [1.165, 1.54) is 12.7 Å². The van der Waals surface area contributed by atoms with E-state index < -0.39 is 0 Å². The zero-order valence-corrected chi connectivity index (χ0v) is 18.1. The number of rotatable bonds is 7. The number of esters is 1. The normalized spacial score (nSPS) is 18.2. The highest BCUT2D eigenvalue weighted by molar-refractivity contribution is 14.0. The number of aliphatic imine (C=N–C) groups is 1. The second-order valence-corrected chi connectivity index (χ2v) is 6.45. The molecule has 2 unspecified atom stereocenters. The number of likely N-dealkylation sites (tertiary alicyclic amines) is 1. The molecule has 0 spiro atoms. The molecule has 0 saturated carbocycles. The predicted octanol–water partition coefficient (Wildman–Crippen LogP) is 2.53. The van der Waals surface area contributed by atoms with Crippen molar-refractivity contribution in [2.45, 2.75) is 20.0 Å². The van der Waals surface area contributed by atoms with Crippen LogP contribution >= 0.6 is 24.0 Å². The van der Waals surface area contributed by atoms with Gasteiger partial charge in [-0.05, 0) is 12.0 Å². The number of guanidine groups is 1. The number of carbonyl (C=O) groups is 1. The molecule has 146 valence electrons. The monoisotopic (exact) mass is 475 g/mol. The highest BCUT2D eigenvalue weighted by Crippen LogP contribution is 2.17. The number of ether oxygens (including phenoxy) is 2. The minimum atomic E-state index is -0.212. The van der Waals surface area contributed by atoms with Crippen LogP contribution in [0.5, 0.6) is 0 Å². The first-order valence-corrected chi connectivity index (χ1v) is 8.79. The highest BCUT2D eigenvalue weighted by atomic mass is 127. The van der Waals surface area contributed by atoms with Crippen LogP contribution in [-0.2, 0) is 20.9 Å². The van der Waals surface area contributed by atoms with Crippen LogP contribution in [0, 0.1) is 11.8 Å². The van der Waals surface area contributed by atoms with Crippen molar-refractivity contribution in [3.63, 3.8) is 0 Å². The van der Waals surface area contributed by atoms with E-state index in [9.17, 15) is 4.79 Å². The maximum atomic E-state index is 11.5. The maximum Gasteiger partial charge on any atom is 0.310 e. The fraction of sp³-hybridized carbons (Fsp3) is 0.579. The summed E-state index contributed by atoms with van der Waals surface area (Å²) in [6, 6.07) is 10.2. The Kier molecular flexibility index (Phi) is 10.6. The number of benzene rings is 1. The molecule has 6 nitrogen and oxygen atoms in total. The molecular weight excluding hydrogens is 445 g/mol. The molecule has 1 N–H and O–H groups in total. The van der Waals surface area contributed by atoms with Crippen LogP contribution < -0.4 is 5.32 Å². The lowest BCUT2D eigenvalue weighted by atomic mass is 10.1. The van der Waals surface area contributed by atoms with Crippen molar-refractivity contribution >= 4 is 35.9 Å². The maximum absolute atomic E-state index is 11.5. The molecule has 0 radical (unpaired) electrons. The van der Waals surface area contributed by atoms with Gasteiger partial charge in [-0.2, -0.15) is 0 Å². The van der Waals surface area contributed by atoms with Gasteiger partial charge in [-0.25, -0.2) is 0 Å². The molecule has 0 amide bonds. The molecule has 1 heterocycles. The first-order chi connectivity index (χ1) is 12.1. The summed E-state index contributed by atoms with van der Waals surface area (Å²) < 4.78 is 10.6. The van der Waals surface area contributed by atoms with Gasteiger partial charge in [-0.15, -0.1) is 24.0 Å². The standard InChI is InChI=1S/C19H29N3O3.HI/c1-15(18(23)24-3)11-21-19(20-2)22-10-9-17(12-22)14-25-13-16-7-5-4-6-8-16;/h4-8,15,17H,9-14H2,1-3H3,(H,20,21);1H. The molecule has 1 saturated heterocycles. The second-order valence-electron chi connectivity index (χ2n) is 6.45. The zero-order chi connectivity index (χ0) is 18.1. The van der Waals surface area contributed by atoms with Gasteiger partial charge in [0.1, 0.15) is 0 Å². The number of halogens is 1. The van der Waals surface area contributed by atoms with Gasteiger partial charge < -0.3 is 19.7 Å². The Morgan fingerprint density at radius 3 is 2.77 bits per heavy atom. The average molecular weight is 475 g/mol. The first-order valence-electron chi connectivity index (χ1n) is 8.79. The van der Waals surface area contributed by atoms with Crippen molar-refractivity contribution in [3.8, 4) is 0 Å². The van der Waals surface area contributed by atoms with Gasteiger partial charge in [-0.1, -0.05) is 37.3 Å². The lowest BCUT2D eigenvalue weighted by Gasteiger charge is -2.22. The Morgan fingerprint density at radius 2 is 2.12 bits per heavy atom. The third-order valence-corrected chi connectivity index (χ3v) is 4.43. The van der Waals surface area contributed by atoms with E-state index in [1.807, 2.05) is 25.1 Å². The number of carbonyl (C=O) groups excluding carboxylic acids is 1. The van der Waals surface area contributed by atoms with Crippen molar-refractivity contribution in [2.24, 2.45) is 16.8 Å². The third-order valence-electron chi connectivity index (χ3n) is 4.43. The van der Waals surface area contributed by atoms with Gasteiger partial charge in [0.2, 0.25) is 0 Å². The van der Waals surface area contributed by atoms with Gasteiger partial charge >= 0.3 is 5.97 Å². The van der Waals surface area contributed by atoms with Crippen LogP contribution in [0.4, 0.5) is 0 Å². The highest BCUT2D eigenvalue weighted by Gasteiger charge is 2.25. The fourth-order valence-electron chi connectivity index (χ4n) is 2.94. The van der Waals surface area contributed by atoms with Crippen LogP contribution in [0.15, 0.2) is 35.3 Å². The van der Waals surface area contributed by atoms with Crippen molar-refractivity contribution in [3.05, 3.63) is 35.9 Å². The molecular formula is C19H30IN3O3. The summed E-state index contributed by atoms with van der Waals surface area (Å²) in [4.78, 5) is 18.0. The van der Waals surface area contributed by atoms with Crippen molar-refractivity contribution in [1.82, 2.24) is 10.2 Å². The second kappa shape index (κ2) is 12.1. The number of nitrogens with zero attached hydrogens (tertiary/aromatic N) is 2. The number of hydrogen-bond donors (Lipinski definition) is 1. The van der Waals surface area contributed by atoms with E-state index in [-0.39, 0.29) is 35.9 Å². The molecule has 1 aromatic carbocycles. The molecule has 1 fully saturated rings. The van der Waals surface area contributed by atoms with Gasteiger partial charge in [0, 0.05) is 32.6 Å². The predicted molar refractivity (Wildman–Crippen MR) is 114 cm³/mol. The van der Waals surface area contributed by atoms with Crippen molar-refractivity contribution < 1.29 is 14.3 Å². The lowest BCUT2D eigenvalue weighted by molar-refractivity contribution is -0.144. The van der Waals surface area contributed by atoms with E-state index in [0.717, 1.165) is 32.1 Å². The Bertz CT molecular complexity index is 568. The Labute approximate surface area is 173 Å². The molecule has 1 aliphatic rings. The fourth-order valence-corrected chi connectivity index (χ4v) is 2.94. The van der Waals surface area contributed by atoms with Crippen molar-refractivity contribution in [2.75, 3.05) is 40.4 Å². The molecule has 2 atom stereocenters. The molecule has 2 rings (SSSR count). The summed E-state index contributed by atoms with van der Waals surface area (Å²) in [6.07, 6.45) is 1.09. The van der Waals surface area contributed by atoms with E-state index in [2.05, 4.69) is 27.3 Å². The van der Waals surface area contributed by atoms with E-state index in [1.54, 1.807) is 7.05 Å². The Balaban J connectivity index is 0.00000338. The van der Waals surface area contributed by atoms with Crippen LogP contribution in [0.25, 0.3) is 0 Å². The summed E-state index contributed by atoms with van der Waals surface area (Å²) in [6.45, 7) is 5.63. The van der Waals surface area contributed by atoms with Gasteiger partial charge in [0.15, 0.2) is 5.96 Å². The molecule has 0 aliphatic carbocycles. The van der Waals surface area contributed by atoms with Gasteiger partial charge in [0.25, 0.3) is 0 Å². The molecule has 7 heteroatoms. The van der Waals surface area contributed by atoms with E-state index >= 15 is 0 Å². The van der Waals surface area contributed by atoms with E-state index in [4.69, 9.17) is 9.47 Å². The molecule has 26 heavy (non-hydrogen) atoms. The molecule has 0 aromatic heterocycles. The number of methoxy groups -OCH3 is 1. The summed E-state index contributed by atoms with van der Waals surface area (Å²) in [5, 5.41) is 3.26. The van der Waals surface area contributed by atoms with Crippen LogP contribution in [0.1, 0.15) is 18.9 Å². The van der Waals surface area contributed by atoms with Crippen molar-refractivity contribution in [1.29, 1.82) is 0 Å². The Hall–Kier alpha value is -1.35. The van der Waals surface area contributed by atoms with Crippen LogP contribution in [0.2, 0.25) is 0 Å². The van der Waals surface area contributed by atoms with Crippen LogP contribution in [0.3, 0.4) is 0 Å². The lowest BCUT2D eigenvalue weighted by Crippen LogP contribution is -2.43. The van der Waals surface area contributed by atoms with E-state index in [0.29, 0.717) is 19.1 Å². The third kappa shape index (κ3) is 7.11. The zero-order valence-electron chi connectivity index (χ0n) is 15.8. The summed E-state index contributed by atoms with van der Waals surface area (Å²) in [5.41, 5.74) is 1.20. The SMILES string of the molecule is CN=C(NCC(C)C(=O)OC)N1CCC(COCc2ccccc2)C1.I. The first kappa shape index (κ1) is 22.7. The number of hydrogen-bond acceptors (Lipinski definition) is 4. The number of nitrogens with one attached hydrogen (secondary N) is 1. The average Bonchev–Trinajstić information content (AvgIpc) is 3.11. The smallest absolute Gasteiger partial charge is 0.310 e. The minimum absolute atomic E-state index is 0. The topological polar surface area (TPSA) is 63.2 Å².